The van der Waals surface area contributed by atoms with E-state index in [1.165, 1.54) is 5.01 Å². The number of allylic oxidation sites excluding steroid dienone is 2. The molecule has 1 aliphatic carbocycles. The van der Waals surface area contributed by atoms with Crippen LogP contribution in [0.25, 0.3) is 0 Å². The number of nitrogens with two attached hydrogens (primary N) is 2. The molecule has 1 saturated carbocycles. The first-order chi connectivity index (χ1) is 17.8. The first-order valence-electron chi connectivity index (χ1n) is 12.4. The second-order valence-electron chi connectivity index (χ2n) is 9.73. The van der Waals surface area contributed by atoms with Gasteiger partial charge < -0.3 is 31.5 Å². The van der Waals surface area contributed by atoms with Crippen molar-refractivity contribution in [1.82, 2.24) is 9.91 Å². The van der Waals surface area contributed by atoms with Crippen molar-refractivity contribution in [3.8, 4) is 0 Å². The maximum Gasteiger partial charge on any atom is 0.339 e. The predicted molar refractivity (Wildman–Crippen MR) is 144 cm³/mol. The van der Waals surface area contributed by atoms with Gasteiger partial charge in [0, 0.05) is 73.0 Å². The van der Waals surface area contributed by atoms with Crippen molar-refractivity contribution in [2.45, 2.75) is 25.2 Å². The quantitative estimate of drug-likeness (QED) is 0.153. The Balaban J connectivity index is 1.54. The summed E-state index contributed by atoms with van der Waals surface area (Å²) in [6, 6.07) is 17.2. The van der Waals surface area contributed by atoms with E-state index >= 15 is 0 Å². The summed E-state index contributed by atoms with van der Waals surface area (Å²) in [7, 11) is 1.67. The SMILES string of the molecule is CN(N)/C=C(\N)C1CC1/C(Nc1cccc(C2CCCN(C(=O)c3ccccc3)C2)c1)=C(/C=N)C(=O)O. The van der Waals surface area contributed by atoms with Crippen LogP contribution in [0.15, 0.2) is 77.8 Å². The minimum atomic E-state index is -1.17. The lowest BCUT2D eigenvalue weighted by atomic mass is 9.90. The molecule has 0 radical (unpaired) electrons. The number of carbonyl (C=O) groups excluding carboxylic acids is 1. The third-order valence-corrected chi connectivity index (χ3v) is 6.97. The number of nitrogens with zero attached hydrogens (tertiary/aromatic N) is 2. The van der Waals surface area contributed by atoms with Crippen molar-refractivity contribution in [1.29, 1.82) is 5.41 Å². The molecule has 194 valence electrons. The van der Waals surface area contributed by atoms with Crippen molar-refractivity contribution < 1.29 is 14.7 Å². The average molecular weight is 503 g/mol. The molecule has 9 heteroatoms. The zero-order chi connectivity index (χ0) is 26.5. The Labute approximate surface area is 216 Å². The summed E-state index contributed by atoms with van der Waals surface area (Å²) in [6.07, 6.45) is 5.03. The molecule has 0 spiro atoms. The van der Waals surface area contributed by atoms with Gasteiger partial charge in [0.2, 0.25) is 0 Å². The number of rotatable bonds is 9. The minimum Gasteiger partial charge on any atom is -0.478 e. The largest absolute Gasteiger partial charge is 0.478 e. The van der Waals surface area contributed by atoms with Crippen LogP contribution in [-0.2, 0) is 4.79 Å². The molecule has 2 aromatic rings. The number of hydrogen-bond donors (Lipinski definition) is 5. The number of hydrogen-bond acceptors (Lipinski definition) is 7. The lowest BCUT2D eigenvalue weighted by Crippen LogP contribution is -2.39. The van der Waals surface area contributed by atoms with Gasteiger partial charge in [0.05, 0.1) is 5.57 Å². The van der Waals surface area contributed by atoms with Gasteiger partial charge in [-0.1, -0.05) is 30.3 Å². The molecule has 1 aliphatic heterocycles. The van der Waals surface area contributed by atoms with E-state index in [0.717, 1.165) is 36.9 Å². The van der Waals surface area contributed by atoms with Crippen LogP contribution in [0.5, 0.6) is 0 Å². The summed E-state index contributed by atoms with van der Waals surface area (Å²) in [5.74, 6) is 4.52. The molecule has 3 unspecified atom stereocenters. The third-order valence-electron chi connectivity index (χ3n) is 6.97. The van der Waals surface area contributed by atoms with Crippen molar-refractivity contribution in [2.75, 3.05) is 25.5 Å². The molecule has 9 nitrogen and oxygen atoms in total. The van der Waals surface area contributed by atoms with E-state index in [1.54, 1.807) is 13.2 Å². The Morgan fingerprint density at radius 3 is 2.59 bits per heavy atom. The number of likely N-dealkylation sites (tertiary alicyclic amines) is 1. The van der Waals surface area contributed by atoms with E-state index < -0.39 is 5.97 Å². The third kappa shape index (κ3) is 6.18. The van der Waals surface area contributed by atoms with Gasteiger partial charge in [-0.25, -0.2) is 10.6 Å². The summed E-state index contributed by atoms with van der Waals surface area (Å²) in [5, 5.41) is 22.1. The monoisotopic (exact) mass is 502 g/mol. The van der Waals surface area contributed by atoms with Crippen LogP contribution >= 0.6 is 0 Å². The highest BCUT2D eigenvalue weighted by Gasteiger charge is 2.44. The molecule has 2 aromatic carbocycles. The Hall–Kier alpha value is -4.11. The highest BCUT2D eigenvalue weighted by atomic mass is 16.4. The van der Waals surface area contributed by atoms with E-state index in [4.69, 9.17) is 17.0 Å². The molecule has 0 bridgehead atoms. The number of nitrogens with one attached hydrogen (secondary N) is 2. The molecule has 2 fully saturated rings. The van der Waals surface area contributed by atoms with E-state index in [0.29, 0.717) is 29.9 Å². The van der Waals surface area contributed by atoms with Gasteiger partial charge in [0.15, 0.2) is 0 Å². The Kier molecular flexibility index (Phi) is 7.93. The summed E-state index contributed by atoms with van der Waals surface area (Å²) in [4.78, 5) is 26.8. The van der Waals surface area contributed by atoms with Gasteiger partial charge in [0.1, 0.15) is 0 Å². The molecule has 1 heterocycles. The molecule has 1 amide bonds. The van der Waals surface area contributed by atoms with Crippen molar-refractivity contribution in [3.05, 3.63) is 88.9 Å². The van der Waals surface area contributed by atoms with Gasteiger partial charge in [0.25, 0.3) is 5.91 Å². The molecule has 0 aromatic heterocycles. The van der Waals surface area contributed by atoms with Crippen LogP contribution in [-0.4, -0.2) is 53.2 Å². The highest BCUT2D eigenvalue weighted by molar-refractivity contribution is 6.09. The van der Waals surface area contributed by atoms with Gasteiger partial charge in [-0.05, 0) is 49.1 Å². The smallest absolute Gasteiger partial charge is 0.339 e. The first-order valence-corrected chi connectivity index (χ1v) is 12.4. The van der Waals surface area contributed by atoms with Crippen LogP contribution in [0, 0.1) is 17.2 Å². The van der Waals surface area contributed by atoms with Crippen LogP contribution in [0.3, 0.4) is 0 Å². The molecule has 1 saturated heterocycles. The molecule has 3 atom stereocenters. The fourth-order valence-corrected chi connectivity index (χ4v) is 5.05. The fraction of sp³-hybridized carbons (Fsp3) is 0.321. The maximum atomic E-state index is 13.0. The number of piperidine rings is 1. The Morgan fingerprint density at radius 1 is 1.16 bits per heavy atom. The summed E-state index contributed by atoms with van der Waals surface area (Å²) >= 11 is 0. The summed E-state index contributed by atoms with van der Waals surface area (Å²) in [6.45, 7) is 1.35. The highest BCUT2D eigenvalue weighted by Crippen LogP contribution is 2.48. The molecule has 37 heavy (non-hydrogen) atoms. The average Bonchev–Trinajstić information content (AvgIpc) is 3.69. The lowest BCUT2D eigenvalue weighted by molar-refractivity contribution is -0.132. The zero-order valence-electron chi connectivity index (χ0n) is 20.9. The van der Waals surface area contributed by atoms with E-state index in [9.17, 15) is 14.7 Å². The Morgan fingerprint density at radius 2 is 1.92 bits per heavy atom. The number of benzene rings is 2. The molecule has 7 N–H and O–H groups in total. The van der Waals surface area contributed by atoms with Gasteiger partial charge in [-0.3, -0.25) is 4.79 Å². The number of aliphatic carboxylic acids is 1. The minimum absolute atomic E-state index is 0.0374. The fourth-order valence-electron chi connectivity index (χ4n) is 5.05. The Bertz CT molecular complexity index is 1220. The van der Waals surface area contributed by atoms with Gasteiger partial charge >= 0.3 is 5.97 Å². The summed E-state index contributed by atoms with van der Waals surface area (Å²) < 4.78 is 0. The first kappa shape index (κ1) is 26.0. The lowest BCUT2D eigenvalue weighted by Gasteiger charge is -2.33. The second kappa shape index (κ2) is 11.3. The number of hydrazine groups is 1. The number of carboxylic acids is 1. The number of amides is 1. The molecule has 2 aliphatic rings. The number of carbonyl (C=O) groups is 2. The molecular formula is C28H34N6O3. The number of carboxylic acid groups (broad SMARTS) is 1. The van der Waals surface area contributed by atoms with E-state index in [2.05, 4.69) is 5.32 Å². The van der Waals surface area contributed by atoms with Crippen LogP contribution < -0.4 is 16.9 Å². The molecular weight excluding hydrogens is 468 g/mol. The maximum absolute atomic E-state index is 13.0. The van der Waals surface area contributed by atoms with Crippen LogP contribution in [0.1, 0.15) is 41.1 Å². The van der Waals surface area contributed by atoms with E-state index in [-0.39, 0.29) is 29.2 Å². The van der Waals surface area contributed by atoms with Crippen LogP contribution in [0.4, 0.5) is 5.69 Å². The van der Waals surface area contributed by atoms with Crippen molar-refractivity contribution in [3.63, 3.8) is 0 Å². The van der Waals surface area contributed by atoms with Crippen molar-refractivity contribution in [2.24, 2.45) is 23.4 Å². The van der Waals surface area contributed by atoms with Gasteiger partial charge in [-0.2, -0.15) is 0 Å². The van der Waals surface area contributed by atoms with Gasteiger partial charge in [-0.15, -0.1) is 0 Å². The second-order valence-corrected chi connectivity index (χ2v) is 9.73. The van der Waals surface area contributed by atoms with Crippen molar-refractivity contribution >= 4 is 23.8 Å². The topological polar surface area (TPSA) is 149 Å². The van der Waals surface area contributed by atoms with Crippen LogP contribution in [0.2, 0.25) is 0 Å². The molecule has 4 rings (SSSR count). The normalized spacial score (nSPS) is 22.1. The zero-order valence-corrected chi connectivity index (χ0v) is 20.9. The standard InChI is InChI=1S/C28H34N6O3/c1-33(31)17-25(30)22-14-23(22)26(24(15-29)28(36)37)32-21-11-5-9-19(13-21)20-10-6-12-34(16-20)27(35)18-7-3-2-4-8-18/h2-5,7-9,11,13,15,17,20,22-23,29,32H,6,10,12,14,16,30-31H2,1H3,(H,36,37)/b25-17-,26-24+,29-15?. The predicted octanol–water partition coefficient (Wildman–Crippen LogP) is 3.35. The summed E-state index contributed by atoms with van der Waals surface area (Å²) in [5.41, 5.74) is 9.63. The number of anilines is 1. The van der Waals surface area contributed by atoms with E-state index in [1.807, 2.05) is 59.5 Å².